The zero-order chi connectivity index (χ0) is 14.5. The predicted octanol–water partition coefficient (Wildman–Crippen LogP) is 2.68. The van der Waals surface area contributed by atoms with Crippen molar-refractivity contribution in [2.24, 2.45) is 0 Å². The summed E-state index contributed by atoms with van der Waals surface area (Å²) in [5, 5.41) is 3.63. The third kappa shape index (κ3) is 3.39. The molecule has 1 aromatic rings. The van der Waals surface area contributed by atoms with Gasteiger partial charge in [0.15, 0.2) is 0 Å². The molecule has 2 atom stereocenters. The molecule has 1 amide bonds. The highest BCUT2D eigenvalue weighted by molar-refractivity contribution is 7.99. The minimum Gasteiger partial charge on any atom is -0.497 e. The Balaban J connectivity index is 2.11. The van der Waals surface area contributed by atoms with Crippen LogP contribution in [0.1, 0.15) is 36.0 Å². The fourth-order valence-corrected chi connectivity index (χ4v) is 3.58. The monoisotopic (exact) mass is 294 g/mol. The fourth-order valence-electron chi connectivity index (χ4n) is 2.65. The summed E-state index contributed by atoms with van der Waals surface area (Å²) < 4.78 is 5.15. The standard InChI is InChI=1S/C15H22N2O2S/c1-19-10-7-8-12(16)11(9-10)15(18)17-13-5-3-4-6-14(13)20-2/h7-9,13-14H,3-6,16H2,1-2H3,(H,17,18). The highest BCUT2D eigenvalue weighted by atomic mass is 32.2. The van der Waals surface area contributed by atoms with Crippen LogP contribution in [0.25, 0.3) is 0 Å². The van der Waals surface area contributed by atoms with Crippen LogP contribution in [0.4, 0.5) is 5.69 Å². The fraction of sp³-hybridized carbons (Fsp3) is 0.533. The Kier molecular flexibility index (Phi) is 5.17. The van der Waals surface area contributed by atoms with Gasteiger partial charge in [-0.3, -0.25) is 4.79 Å². The molecule has 20 heavy (non-hydrogen) atoms. The molecule has 0 bridgehead atoms. The molecule has 0 saturated heterocycles. The Morgan fingerprint density at radius 2 is 2.15 bits per heavy atom. The summed E-state index contributed by atoms with van der Waals surface area (Å²) in [6, 6.07) is 5.40. The van der Waals surface area contributed by atoms with E-state index in [2.05, 4.69) is 11.6 Å². The largest absolute Gasteiger partial charge is 0.497 e. The maximum Gasteiger partial charge on any atom is 0.253 e. The van der Waals surface area contributed by atoms with Gasteiger partial charge in [0.05, 0.1) is 12.7 Å². The van der Waals surface area contributed by atoms with Gasteiger partial charge in [0.1, 0.15) is 5.75 Å². The number of carbonyl (C=O) groups excluding carboxylic acids is 1. The number of hydrogen-bond donors (Lipinski definition) is 2. The first-order valence-corrected chi connectivity index (χ1v) is 8.21. The Morgan fingerprint density at radius 1 is 1.40 bits per heavy atom. The summed E-state index contributed by atoms with van der Waals surface area (Å²) >= 11 is 1.83. The summed E-state index contributed by atoms with van der Waals surface area (Å²) in [6.07, 6.45) is 6.74. The Labute approximate surface area is 124 Å². The molecule has 0 radical (unpaired) electrons. The third-order valence-electron chi connectivity index (χ3n) is 3.83. The van der Waals surface area contributed by atoms with Gasteiger partial charge in [-0.15, -0.1) is 0 Å². The minimum absolute atomic E-state index is 0.104. The van der Waals surface area contributed by atoms with Crippen molar-refractivity contribution in [3.8, 4) is 5.75 Å². The molecule has 4 nitrogen and oxygen atoms in total. The number of methoxy groups -OCH3 is 1. The topological polar surface area (TPSA) is 64.3 Å². The Hall–Kier alpha value is -1.36. The molecule has 0 aromatic heterocycles. The number of nitrogens with two attached hydrogens (primary N) is 1. The second-order valence-electron chi connectivity index (χ2n) is 5.09. The number of nitrogens with one attached hydrogen (secondary N) is 1. The van der Waals surface area contributed by atoms with E-state index in [1.54, 1.807) is 25.3 Å². The van der Waals surface area contributed by atoms with Crippen molar-refractivity contribution in [2.45, 2.75) is 37.0 Å². The highest BCUT2D eigenvalue weighted by Gasteiger charge is 2.26. The van der Waals surface area contributed by atoms with Crippen molar-refractivity contribution in [3.05, 3.63) is 23.8 Å². The van der Waals surface area contributed by atoms with Crippen LogP contribution < -0.4 is 15.8 Å². The van der Waals surface area contributed by atoms with E-state index in [0.29, 0.717) is 22.3 Å². The number of carbonyl (C=O) groups is 1. The van der Waals surface area contributed by atoms with Crippen LogP contribution in [0.3, 0.4) is 0 Å². The normalized spacial score (nSPS) is 22.3. The van der Waals surface area contributed by atoms with Crippen LogP contribution in [0, 0.1) is 0 Å². The van der Waals surface area contributed by atoms with Crippen LogP contribution >= 0.6 is 11.8 Å². The van der Waals surface area contributed by atoms with E-state index < -0.39 is 0 Å². The summed E-state index contributed by atoms with van der Waals surface area (Å²) in [6.45, 7) is 0. The number of thioether (sulfide) groups is 1. The van der Waals surface area contributed by atoms with Crippen LogP contribution in [-0.2, 0) is 0 Å². The van der Waals surface area contributed by atoms with E-state index in [-0.39, 0.29) is 11.9 Å². The smallest absolute Gasteiger partial charge is 0.253 e. The molecule has 0 aliphatic heterocycles. The van der Waals surface area contributed by atoms with Gasteiger partial charge in [-0.1, -0.05) is 12.8 Å². The first-order valence-electron chi connectivity index (χ1n) is 6.93. The highest BCUT2D eigenvalue weighted by Crippen LogP contribution is 2.28. The number of ether oxygens (including phenoxy) is 1. The van der Waals surface area contributed by atoms with Gasteiger partial charge in [-0.25, -0.2) is 0 Å². The SMILES string of the molecule is COc1ccc(N)c(C(=O)NC2CCCCC2SC)c1. The molecule has 1 fully saturated rings. The van der Waals surface area contributed by atoms with Crippen molar-refractivity contribution in [1.82, 2.24) is 5.32 Å². The molecular weight excluding hydrogens is 272 g/mol. The molecule has 110 valence electrons. The number of nitrogen functional groups attached to an aromatic ring is 1. The van der Waals surface area contributed by atoms with Crippen LogP contribution in [-0.4, -0.2) is 30.6 Å². The lowest BCUT2D eigenvalue weighted by atomic mass is 9.94. The molecule has 1 aliphatic carbocycles. The summed E-state index contributed by atoms with van der Waals surface area (Å²) in [5.41, 5.74) is 6.88. The lowest BCUT2D eigenvalue weighted by molar-refractivity contribution is 0.0930. The van der Waals surface area contributed by atoms with Gasteiger partial charge in [-0.2, -0.15) is 11.8 Å². The molecule has 1 aromatic carbocycles. The lowest BCUT2D eigenvalue weighted by Gasteiger charge is -2.31. The predicted molar refractivity (Wildman–Crippen MR) is 84.4 cm³/mol. The molecule has 5 heteroatoms. The molecule has 2 rings (SSSR count). The zero-order valence-corrected chi connectivity index (χ0v) is 12.8. The molecule has 0 heterocycles. The summed E-state index contributed by atoms with van der Waals surface area (Å²) in [7, 11) is 1.58. The van der Waals surface area contributed by atoms with Gasteiger partial charge < -0.3 is 15.8 Å². The van der Waals surface area contributed by atoms with Crippen LogP contribution in [0.5, 0.6) is 5.75 Å². The minimum atomic E-state index is -0.104. The van der Waals surface area contributed by atoms with E-state index in [1.165, 1.54) is 19.3 Å². The second kappa shape index (κ2) is 6.88. The number of benzene rings is 1. The zero-order valence-electron chi connectivity index (χ0n) is 12.0. The molecule has 1 aliphatic rings. The molecule has 2 unspecified atom stereocenters. The second-order valence-corrected chi connectivity index (χ2v) is 6.17. The van der Waals surface area contributed by atoms with E-state index in [4.69, 9.17) is 10.5 Å². The van der Waals surface area contributed by atoms with E-state index in [0.717, 1.165) is 6.42 Å². The molecule has 3 N–H and O–H groups in total. The summed E-state index contributed by atoms with van der Waals surface area (Å²) in [5.74, 6) is 0.543. The van der Waals surface area contributed by atoms with Crippen LogP contribution in [0.2, 0.25) is 0 Å². The molecular formula is C15H22N2O2S. The first kappa shape index (κ1) is 15.0. The van der Waals surface area contributed by atoms with Gasteiger partial charge >= 0.3 is 0 Å². The quantitative estimate of drug-likeness (QED) is 0.838. The maximum absolute atomic E-state index is 12.4. The Bertz CT molecular complexity index is 479. The lowest BCUT2D eigenvalue weighted by Crippen LogP contribution is -2.43. The first-order chi connectivity index (χ1) is 9.65. The van der Waals surface area contributed by atoms with Crippen molar-refractivity contribution in [3.63, 3.8) is 0 Å². The van der Waals surface area contributed by atoms with Gasteiger partial charge in [0.25, 0.3) is 5.91 Å². The number of rotatable bonds is 4. The molecule has 1 saturated carbocycles. The van der Waals surface area contributed by atoms with E-state index in [1.807, 2.05) is 11.8 Å². The molecule has 0 spiro atoms. The van der Waals surface area contributed by atoms with Gasteiger partial charge in [0.2, 0.25) is 0 Å². The van der Waals surface area contributed by atoms with Crippen LogP contribution in [0.15, 0.2) is 18.2 Å². The van der Waals surface area contributed by atoms with Crippen molar-refractivity contribution < 1.29 is 9.53 Å². The average molecular weight is 294 g/mol. The average Bonchev–Trinajstić information content (AvgIpc) is 2.48. The number of anilines is 1. The number of amides is 1. The van der Waals surface area contributed by atoms with Gasteiger partial charge in [-0.05, 0) is 37.3 Å². The summed E-state index contributed by atoms with van der Waals surface area (Å²) in [4.78, 5) is 12.4. The van der Waals surface area contributed by atoms with E-state index in [9.17, 15) is 4.79 Å². The Morgan fingerprint density at radius 3 is 2.85 bits per heavy atom. The van der Waals surface area contributed by atoms with Crippen molar-refractivity contribution >= 4 is 23.4 Å². The maximum atomic E-state index is 12.4. The number of hydrogen-bond acceptors (Lipinski definition) is 4. The van der Waals surface area contributed by atoms with Crippen molar-refractivity contribution in [1.29, 1.82) is 0 Å². The van der Waals surface area contributed by atoms with Gasteiger partial charge in [0, 0.05) is 17.0 Å². The third-order valence-corrected chi connectivity index (χ3v) is 5.00. The van der Waals surface area contributed by atoms with Crippen molar-refractivity contribution in [2.75, 3.05) is 19.1 Å². The van der Waals surface area contributed by atoms with E-state index >= 15 is 0 Å².